The van der Waals surface area contributed by atoms with Crippen molar-refractivity contribution >= 4 is 106 Å². The Morgan fingerprint density at radius 1 is 0.556 bits per heavy atom. The number of carboxylic acids is 1. The van der Waals surface area contributed by atoms with Gasteiger partial charge in [-0.1, -0.05) is 30.3 Å². The number of nitrogens with one attached hydrogen (secondary N) is 11. The summed E-state index contributed by atoms with van der Waals surface area (Å²) < 4.78 is 0. The third kappa shape index (κ3) is 30.8. The SMILES string of the molecule is CSCC[C@H](NC(=O)[C@H](Cc1ccccc1)NC(=O)[C@@H](NC(=O)[C@H](CO)NC(=O)[C@H](CCC(=O)O)NC(=O)[C@H](C)NC(=O)[C@@H](N)[C@@H](C)O)[C@@H](C)O)C(=O)N[C@@H](CCCN=C(N)N)C(=O)N1CCC[C@H]1C(=O)N[C@@H](CO)C(=O)NCC(=O)N[C@@H](CO)C(=O)N[C@@H](CCCN=C(N)N)C(N)=O. The van der Waals surface area contributed by atoms with Crippen molar-refractivity contribution in [2.24, 2.45) is 44.4 Å². The number of primary amides is 1. The number of aliphatic imine (C=N–C) groups is 2. The molecule has 1 aromatic rings. The Kier molecular flexibility index (Phi) is 38.3. The van der Waals surface area contributed by atoms with Gasteiger partial charge in [-0.3, -0.25) is 77.1 Å². The molecule has 1 saturated heterocycles. The smallest absolute Gasteiger partial charge is 0.303 e. The van der Waals surface area contributed by atoms with Crippen LogP contribution in [-0.2, 0) is 73.5 Å². The monoisotopic (exact) mass is 1420 g/mol. The van der Waals surface area contributed by atoms with Crippen LogP contribution in [0, 0.1) is 0 Å². The number of carbonyl (C=O) groups is 14. The molecule has 99 heavy (non-hydrogen) atoms. The van der Waals surface area contributed by atoms with Crippen molar-refractivity contribution in [2.75, 3.05) is 58.0 Å². The number of thioether (sulfide) groups is 1. The fourth-order valence-corrected chi connectivity index (χ4v) is 9.91. The molecular weight excluding hydrogens is 1330 g/mol. The fourth-order valence-electron chi connectivity index (χ4n) is 9.44. The van der Waals surface area contributed by atoms with E-state index in [-0.39, 0.29) is 88.7 Å². The van der Waals surface area contributed by atoms with Gasteiger partial charge < -0.3 is 128 Å². The maximum Gasteiger partial charge on any atom is 0.303 e. The Hall–Kier alpha value is -9.55. The van der Waals surface area contributed by atoms with Crippen molar-refractivity contribution in [3.8, 4) is 0 Å². The molecule has 0 aliphatic carbocycles. The van der Waals surface area contributed by atoms with Crippen LogP contribution in [0.2, 0.25) is 0 Å². The highest BCUT2D eigenvalue weighted by molar-refractivity contribution is 7.98. The van der Waals surface area contributed by atoms with E-state index in [1.54, 1.807) is 36.6 Å². The summed E-state index contributed by atoms with van der Waals surface area (Å²) in [4.78, 5) is 196. The van der Waals surface area contributed by atoms with Gasteiger partial charge in [0.1, 0.15) is 72.5 Å². The van der Waals surface area contributed by atoms with Crippen molar-refractivity contribution in [2.45, 2.75) is 170 Å². The summed E-state index contributed by atoms with van der Waals surface area (Å²) >= 11 is 1.27. The van der Waals surface area contributed by atoms with Crippen LogP contribution < -0.4 is 92.9 Å². The summed E-state index contributed by atoms with van der Waals surface area (Å²) in [5.74, 6) is -15.1. The summed E-state index contributed by atoms with van der Waals surface area (Å²) in [6.07, 6.45) is -2.65. The molecule has 0 saturated carbocycles. The first-order valence-corrected chi connectivity index (χ1v) is 32.8. The van der Waals surface area contributed by atoms with Crippen LogP contribution in [0.5, 0.6) is 0 Å². The van der Waals surface area contributed by atoms with Gasteiger partial charge in [0.15, 0.2) is 11.9 Å². The normalized spacial score (nSPS) is 16.5. The molecule has 1 aromatic carbocycles. The zero-order chi connectivity index (χ0) is 74.6. The van der Waals surface area contributed by atoms with E-state index in [1.807, 2.05) is 0 Å². The molecule has 14 atom stereocenters. The molecule has 0 radical (unpaired) electrons. The number of hydrogen-bond donors (Lipinski definition) is 23. The van der Waals surface area contributed by atoms with Gasteiger partial charge in [0, 0.05) is 32.5 Å². The predicted octanol–water partition coefficient (Wildman–Crippen LogP) is -11.5. The number of aliphatic carboxylic acids is 1. The van der Waals surface area contributed by atoms with E-state index in [4.69, 9.17) is 34.4 Å². The molecule has 41 heteroatoms. The number of nitrogens with zero attached hydrogens (tertiary/aromatic N) is 3. The number of aliphatic hydroxyl groups excluding tert-OH is 5. The van der Waals surface area contributed by atoms with E-state index in [0.717, 1.165) is 11.8 Å². The number of hydrogen-bond acceptors (Lipinski definition) is 23. The molecule has 1 aliphatic heterocycles. The van der Waals surface area contributed by atoms with Crippen LogP contribution in [-0.4, -0.2) is 273 Å². The number of carboxylic acid groups (broad SMARTS) is 1. The summed E-state index contributed by atoms with van der Waals surface area (Å²) in [6.45, 7) is -0.499. The fraction of sp³-hybridized carbons (Fsp3) is 0.621. The van der Waals surface area contributed by atoms with E-state index in [1.165, 1.54) is 25.6 Å². The Balaban J connectivity index is 2.37. The first kappa shape index (κ1) is 85.5. The van der Waals surface area contributed by atoms with Gasteiger partial charge in [0.05, 0.1) is 38.6 Å². The number of rotatable bonds is 45. The molecule has 0 unspecified atom stereocenters. The molecule has 1 heterocycles. The molecular formula is C58H96N20O20S. The number of aliphatic hydroxyl groups is 5. The summed E-state index contributed by atoms with van der Waals surface area (Å²) in [7, 11) is 0. The maximum absolute atomic E-state index is 14.6. The van der Waals surface area contributed by atoms with Crippen molar-refractivity contribution in [3.63, 3.8) is 0 Å². The van der Waals surface area contributed by atoms with Crippen molar-refractivity contribution < 1.29 is 97.8 Å². The van der Waals surface area contributed by atoms with Gasteiger partial charge in [-0.25, -0.2) is 0 Å². The van der Waals surface area contributed by atoms with Crippen LogP contribution in [0.3, 0.4) is 0 Å². The average Bonchev–Trinajstić information content (AvgIpc) is 1.72. The number of carbonyl (C=O) groups excluding carboxylic acids is 13. The van der Waals surface area contributed by atoms with Crippen LogP contribution in [0.4, 0.5) is 0 Å². The van der Waals surface area contributed by atoms with E-state index in [0.29, 0.717) is 5.56 Å². The largest absolute Gasteiger partial charge is 0.481 e. The molecule has 0 aromatic heterocycles. The first-order chi connectivity index (χ1) is 46.7. The van der Waals surface area contributed by atoms with Crippen molar-refractivity contribution in [1.82, 2.24) is 63.4 Å². The van der Waals surface area contributed by atoms with Crippen molar-refractivity contribution in [3.05, 3.63) is 35.9 Å². The third-order valence-corrected chi connectivity index (χ3v) is 15.6. The molecule has 2 rings (SSSR count). The minimum atomic E-state index is -1.94. The van der Waals surface area contributed by atoms with Crippen molar-refractivity contribution in [1.29, 1.82) is 0 Å². The highest BCUT2D eigenvalue weighted by atomic mass is 32.2. The van der Waals surface area contributed by atoms with E-state index in [2.05, 4.69) is 68.5 Å². The first-order valence-electron chi connectivity index (χ1n) is 31.4. The predicted molar refractivity (Wildman–Crippen MR) is 354 cm³/mol. The van der Waals surface area contributed by atoms with Crippen LogP contribution >= 0.6 is 11.8 Å². The Labute approximate surface area is 573 Å². The van der Waals surface area contributed by atoms with E-state index >= 15 is 0 Å². The lowest BCUT2D eigenvalue weighted by molar-refractivity contribution is -0.143. The summed E-state index contributed by atoms with van der Waals surface area (Å²) in [5.41, 5.74) is 33.1. The lowest BCUT2D eigenvalue weighted by Crippen LogP contribution is -2.62. The minimum absolute atomic E-state index is 0.00723. The van der Waals surface area contributed by atoms with Crippen LogP contribution in [0.1, 0.15) is 84.1 Å². The molecule has 1 fully saturated rings. The van der Waals surface area contributed by atoms with Gasteiger partial charge >= 0.3 is 5.97 Å². The standard InChI is InChI=1S/C58H96N20O20S/c1-28(68-54(96)43(59)29(2)82)46(88)71-33(16-17-42(85)86)48(90)75-39(27-81)52(94)77-44(30(3)83)55(97)74-36(23-31-11-6-5-7-12-31)50(92)72-34(18-22-99-4)49(91)73-35(14-9-20-66-58(63)64)56(98)78-21-10-15-40(78)53(95)76-37(25-79)47(89)67-24-41(84)69-38(26-80)51(93)70-32(45(60)87)13-8-19-65-57(61)62/h5-7,11-12,28-30,32-40,43-44,79-83H,8-10,13-27,59H2,1-4H3,(H2,60,87)(H,67,89)(H,68,96)(H,69,84)(H,70,93)(H,71,88)(H,72,92)(H,73,91)(H,74,97)(H,75,90)(H,76,95)(H,77,94)(H,85,86)(H4,61,62,65)(H4,63,64,66)/t28-,29+,30+,32-,33-,34-,35-,36-,37-,38-,39-,40-,43-,44-/m0/s1. The number of benzene rings is 1. The highest BCUT2D eigenvalue weighted by Crippen LogP contribution is 2.21. The lowest BCUT2D eigenvalue weighted by Gasteiger charge is -2.31. The van der Waals surface area contributed by atoms with Gasteiger partial charge in [-0.15, -0.1) is 0 Å². The minimum Gasteiger partial charge on any atom is -0.481 e. The second-order valence-corrected chi connectivity index (χ2v) is 23.9. The van der Waals surface area contributed by atoms with Crippen LogP contribution in [0.25, 0.3) is 0 Å². The molecule has 40 nitrogen and oxygen atoms in total. The second kappa shape index (κ2) is 44.4. The lowest BCUT2D eigenvalue weighted by atomic mass is 10.0. The molecule has 0 spiro atoms. The van der Waals surface area contributed by atoms with E-state index in [9.17, 15) is 97.8 Å². The Morgan fingerprint density at radius 2 is 1.04 bits per heavy atom. The molecule has 29 N–H and O–H groups in total. The molecule has 13 amide bonds. The number of nitrogens with two attached hydrogens (primary N) is 6. The van der Waals surface area contributed by atoms with Gasteiger partial charge in [-0.05, 0) is 89.7 Å². The summed E-state index contributed by atoms with van der Waals surface area (Å²) in [5, 5.41) is 85.9. The second-order valence-electron chi connectivity index (χ2n) is 22.9. The zero-order valence-electron chi connectivity index (χ0n) is 55.3. The number of guanidine groups is 2. The van der Waals surface area contributed by atoms with Crippen LogP contribution in [0.15, 0.2) is 40.3 Å². The third-order valence-electron chi connectivity index (χ3n) is 15.0. The number of amides is 13. The molecule has 0 bridgehead atoms. The Bertz CT molecular complexity index is 2980. The molecule has 1 aliphatic rings. The average molecular weight is 1430 g/mol. The quantitative estimate of drug-likeness (QED) is 0.0164. The zero-order valence-corrected chi connectivity index (χ0v) is 56.1. The van der Waals surface area contributed by atoms with Gasteiger partial charge in [-0.2, -0.15) is 11.8 Å². The highest BCUT2D eigenvalue weighted by Gasteiger charge is 2.41. The summed E-state index contributed by atoms with van der Waals surface area (Å²) in [6, 6.07) is -10.7. The topological polar surface area (TPSA) is 677 Å². The maximum atomic E-state index is 14.6. The Morgan fingerprint density at radius 3 is 1.58 bits per heavy atom. The van der Waals surface area contributed by atoms with Gasteiger partial charge in [0.25, 0.3) is 0 Å². The molecule has 554 valence electrons. The van der Waals surface area contributed by atoms with Gasteiger partial charge in [0.2, 0.25) is 76.8 Å². The number of likely N-dealkylation sites (tertiary alicyclic amines) is 1. The van der Waals surface area contributed by atoms with E-state index < -0.39 is 207 Å².